The zero-order valence-corrected chi connectivity index (χ0v) is 10.8. The number of benzene rings is 1. The standard InChI is InChI=1S/C12H13FN4O3/c1-19-12(18)8-4-5-9(13)10(7-8)20-6-2-3-11-14-16-17-15-11/h4-5,7H,2-3,6H2,1H3,(H,14,15,16,17). The van der Waals surface area contributed by atoms with E-state index in [1.165, 1.54) is 25.3 Å². The van der Waals surface area contributed by atoms with Crippen molar-refractivity contribution >= 4 is 5.97 Å². The van der Waals surface area contributed by atoms with Crippen LogP contribution in [0.25, 0.3) is 0 Å². The third-order valence-electron chi connectivity index (χ3n) is 2.54. The van der Waals surface area contributed by atoms with Crippen molar-refractivity contribution in [2.75, 3.05) is 13.7 Å². The molecule has 0 aliphatic carbocycles. The normalized spacial score (nSPS) is 10.3. The van der Waals surface area contributed by atoms with E-state index in [0.717, 1.165) is 0 Å². The average molecular weight is 280 g/mol. The maximum absolute atomic E-state index is 13.5. The number of nitrogens with one attached hydrogen (secondary N) is 1. The smallest absolute Gasteiger partial charge is 0.337 e. The van der Waals surface area contributed by atoms with Crippen molar-refractivity contribution < 1.29 is 18.7 Å². The Morgan fingerprint density at radius 1 is 1.45 bits per heavy atom. The van der Waals surface area contributed by atoms with Crippen molar-refractivity contribution in [1.82, 2.24) is 20.6 Å². The number of ether oxygens (including phenoxy) is 2. The molecule has 7 nitrogen and oxygen atoms in total. The van der Waals surface area contributed by atoms with Crippen LogP contribution >= 0.6 is 0 Å². The molecule has 106 valence electrons. The minimum Gasteiger partial charge on any atom is -0.490 e. The average Bonchev–Trinajstić information content (AvgIpc) is 2.97. The fourth-order valence-corrected chi connectivity index (χ4v) is 1.56. The highest BCUT2D eigenvalue weighted by Crippen LogP contribution is 2.19. The van der Waals surface area contributed by atoms with E-state index in [4.69, 9.17) is 4.74 Å². The lowest BCUT2D eigenvalue weighted by Gasteiger charge is -2.08. The van der Waals surface area contributed by atoms with Crippen LogP contribution in [-0.2, 0) is 11.2 Å². The van der Waals surface area contributed by atoms with Crippen LogP contribution in [0, 0.1) is 5.82 Å². The van der Waals surface area contributed by atoms with Crippen LogP contribution in [0.4, 0.5) is 4.39 Å². The number of hydrogen-bond acceptors (Lipinski definition) is 6. The number of rotatable bonds is 6. The van der Waals surface area contributed by atoms with Crippen LogP contribution < -0.4 is 4.74 Å². The van der Waals surface area contributed by atoms with Gasteiger partial charge in [0.2, 0.25) is 0 Å². The molecule has 0 aliphatic rings. The van der Waals surface area contributed by atoms with Gasteiger partial charge in [0, 0.05) is 6.42 Å². The quantitative estimate of drug-likeness (QED) is 0.630. The summed E-state index contributed by atoms with van der Waals surface area (Å²) < 4.78 is 23.4. The van der Waals surface area contributed by atoms with E-state index < -0.39 is 11.8 Å². The minimum atomic E-state index is -0.540. The van der Waals surface area contributed by atoms with Gasteiger partial charge < -0.3 is 9.47 Å². The second kappa shape index (κ2) is 6.60. The number of aromatic amines is 1. The SMILES string of the molecule is COC(=O)c1ccc(F)c(OCCCc2nn[nH]n2)c1. The Hall–Kier alpha value is -2.51. The van der Waals surface area contributed by atoms with Gasteiger partial charge in [0.05, 0.1) is 19.3 Å². The molecule has 2 rings (SSSR count). The van der Waals surface area contributed by atoms with E-state index in [0.29, 0.717) is 18.7 Å². The molecule has 20 heavy (non-hydrogen) atoms. The summed E-state index contributed by atoms with van der Waals surface area (Å²) >= 11 is 0. The van der Waals surface area contributed by atoms with Crippen molar-refractivity contribution in [3.63, 3.8) is 0 Å². The van der Waals surface area contributed by atoms with Crippen LogP contribution in [0.15, 0.2) is 18.2 Å². The summed E-state index contributed by atoms with van der Waals surface area (Å²) in [6.07, 6.45) is 1.16. The Morgan fingerprint density at radius 3 is 3.00 bits per heavy atom. The van der Waals surface area contributed by atoms with Crippen LogP contribution in [0.3, 0.4) is 0 Å². The predicted molar refractivity (Wildman–Crippen MR) is 65.7 cm³/mol. The second-order valence-electron chi connectivity index (χ2n) is 3.92. The van der Waals surface area contributed by atoms with Gasteiger partial charge in [-0.2, -0.15) is 5.21 Å². The van der Waals surface area contributed by atoms with Crippen LogP contribution in [0.2, 0.25) is 0 Å². The van der Waals surface area contributed by atoms with Crippen molar-refractivity contribution in [3.05, 3.63) is 35.4 Å². The molecular weight excluding hydrogens is 267 g/mol. The number of methoxy groups -OCH3 is 1. The third kappa shape index (κ3) is 3.50. The van der Waals surface area contributed by atoms with E-state index in [-0.39, 0.29) is 17.9 Å². The number of tetrazole rings is 1. The van der Waals surface area contributed by atoms with E-state index in [9.17, 15) is 9.18 Å². The number of halogens is 1. The molecule has 0 radical (unpaired) electrons. The molecule has 0 saturated heterocycles. The van der Waals surface area contributed by atoms with E-state index in [1.54, 1.807) is 0 Å². The summed E-state index contributed by atoms with van der Waals surface area (Å²) in [6, 6.07) is 3.82. The van der Waals surface area contributed by atoms with Gasteiger partial charge in [-0.05, 0) is 24.6 Å². The van der Waals surface area contributed by atoms with Gasteiger partial charge in [-0.3, -0.25) is 0 Å². The zero-order valence-electron chi connectivity index (χ0n) is 10.8. The first-order valence-electron chi connectivity index (χ1n) is 5.93. The van der Waals surface area contributed by atoms with Crippen molar-refractivity contribution in [2.45, 2.75) is 12.8 Å². The summed E-state index contributed by atoms with van der Waals surface area (Å²) in [7, 11) is 1.26. The predicted octanol–water partition coefficient (Wildman–Crippen LogP) is 1.14. The first-order chi connectivity index (χ1) is 9.70. The molecule has 1 N–H and O–H groups in total. The van der Waals surface area contributed by atoms with Crippen molar-refractivity contribution in [1.29, 1.82) is 0 Å². The number of hydrogen-bond donors (Lipinski definition) is 1. The lowest BCUT2D eigenvalue weighted by Crippen LogP contribution is -2.05. The minimum absolute atomic E-state index is 0.0148. The number of carbonyl (C=O) groups is 1. The maximum atomic E-state index is 13.5. The number of aryl methyl sites for hydroxylation is 1. The molecule has 0 bridgehead atoms. The first-order valence-corrected chi connectivity index (χ1v) is 5.93. The molecular formula is C12H13FN4O3. The fraction of sp³-hybridized carbons (Fsp3) is 0.333. The molecule has 0 saturated carbocycles. The molecule has 0 amide bonds. The molecule has 1 aromatic heterocycles. The topological polar surface area (TPSA) is 90.0 Å². The third-order valence-corrected chi connectivity index (χ3v) is 2.54. The lowest BCUT2D eigenvalue weighted by molar-refractivity contribution is 0.0600. The second-order valence-corrected chi connectivity index (χ2v) is 3.92. The van der Waals surface area contributed by atoms with Gasteiger partial charge >= 0.3 is 5.97 Å². The van der Waals surface area contributed by atoms with Gasteiger partial charge in [-0.1, -0.05) is 5.21 Å². The summed E-state index contributed by atoms with van der Waals surface area (Å²) in [5.41, 5.74) is 0.238. The van der Waals surface area contributed by atoms with Crippen molar-refractivity contribution in [3.8, 4) is 5.75 Å². The summed E-state index contributed by atoms with van der Waals surface area (Å²) in [6.45, 7) is 0.274. The van der Waals surface area contributed by atoms with Crippen LogP contribution in [0.1, 0.15) is 22.6 Å². The zero-order chi connectivity index (χ0) is 14.4. The Labute approximate surface area is 114 Å². The molecule has 0 unspecified atom stereocenters. The summed E-state index contributed by atoms with van der Waals surface area (Å²) in [4.78, 5) is 11.3. The highest BCUT2D eigenvalue weighted by Gasteiger charge is 2.10. The maximum Gasteiger partial charge on any atom is 0.337 e. The Balaban J connectivity index is 1.89. The molecule has 0 aliphatic heterocycles. The number of aromatic nitrogens is 4. The molecule has 8 heteroatoms. The fourth-order valence-electron chi connectivity index (χ4n) is 1.56. The highest BCUT2D eigenvalue weighted by molar-refractivity contribution is 5.89. The van der Waals surface area contributed by atoms with Gasteiger partial charge in [-0.15, -0.1) is 10.2 Å². The summed E-state index contributed by atoms with van der Waals surface area (Å²) in [5, 5.41) is 13.3. The number of esters is 1. The molecule has 0 atom stereocenters. The van der Waals surface area contributed by atoms with E-state index in [2.05, 4.69) is 25.4 Å². The van der Waals surface area contributed by atoms with Gasteiger partial charge in [0.25, 0.3) is 0 Å². The molecule has 2 aromatic rings. The van der Waals surface area contributed by atoms with Crippen LogP contribution in [-0.4, -0.2) is 40.3 Å². The molecule has 1 aromatic carbocycles. The largest absolute Gasteiger partial charge is 0.490 e. The van der Waals surface area contributed by atoms with Gasteiger partial charge in [-0.25, -0.2) is 9.18 Å². The number of H-pyrrole nitrogens is 1. The molecule has 0 fully saturated rings. The van der Waals surface area contributed by atoms with E-state index >= 15 is 0 Å². The highest BCUT2D eigenvalue weighted by atomic mass is 19.1. The number of carbonyl (C=O) groups excluding carboxylic acids is 1. The Morgan fingerprint density at radius 2 is 2.30 bits per heavy atom. The monoisotopic (exact) mass is 280 g/mol. The number of nitrogens with zero attached hydrogens (tertiary/aromatic N) is 3. The lowest BCUT2D eigenvalue weighted by atomic mass is 10.2. The Kier molecular flexibility index (Phi) is 4.59. The Bertz CT molecular complexity index is 574. The first kappa shape index (κ1) is 13.9. The van der Waals surface area contributed by atoms with Crippen molar-refractivity contribution in [2.24, 2.45) is 0 Å². The molecule has 1 heterocycles. The summed E-state index contributed by atoms with van der Waals surface area (Å²) in [5.74, 6) is -0.489. The van der Waals surface area contributed by atoms with Crippen LogP contribution in [0.5, 0.6) is 5.75 Å². The van der Waals surface area contributed by atoms with Gasteiger partial charge in [0.1, 0.15) is 0 Å². The molecule has 0 spiro atoms. The van der Waals surface area contributed by atoms with E-state index in [1.807, 2.05) is 0 Å². The van der Waals surface area contributed by atoms with Gasteiger partial charge in [0.15, 0.2) is 17.4 Å².